The molecule has 124 valence electrons. The summed E-state index contributed by atoms with van der Waals surface area (Å²) in [5.74, 6) is 1.57. The van der Waals surface area contributed by atoms with Crippen molar-refractivity contribution in [1.29, 1.82) is 0 Å². The second-order valence-electron chi connectivity index (χ2n) is 6.58. The third-order valence-electron chi connectivity index (χ3n) is 5.10. The van der Waals surface area contributed by atoms with E-state index < -0.39 is 0 Å². The molecule has 0 unspecified atom stereocenters. The van der Waals surface area contributed by atoms with Gasteiger partial charge in [0.2, 0.25) is 11.8 Å². The molecule has 0 radical (unpaired) electrons. The Balaban J connectivity index is 1.47. The zero-order chi connectivity index (χ0) is 16.4. The Kier molecular flexibility index (Phi) is 4.66. The first kappa shape index (κ1) is 16.0. The molecule has 1 aromatic carbocycles. The van der Waals surface area contributed by atoms with Crippen LogP contribution in [0, 0.1) is 11.8 Å². The van der Waals surface area contributed by atoms with E-state index in [4.69, 9.17) is 4.74 Å². The third kappa shape index (κ3) is 3.39. The van der Waals surface area contributed by atoms with Crippen LogP contribution in [-0.2, 0) is 20.7 Å². The standard InChI is InChI=1S/C18H24N2O3/c1-20(17(22)11-23-2)10-16(21)19-9-15-14-8-7-12-5-3-4-6-13(12)18(14)15/h3-6,14-15,18H,7-11H2,1-2H3,(H,19,21)/t14-,15-,18+/m0/s1. The van der Waals surface area contributed by atoms with Gasteiger partial charge in [-0.15, -0.1) is 0 Å². The number of nitrogens with one attached hydrogen (secondary N) is 1. The molecule has 0 saturated heterocycles. The van der Waals surface area contributed by atoms with Crippen LogP contribution in [0.15, 0.2) is 24.3 Å². The number of carbonyl (C=O) groups excluding carboxylic acids is 2. The van der Waals surface area contributed by atoms with E-state index in [0.717, 1.165) is 6.42 Å². The van der Waals surface area contributed by atoms with Crippen molar-refractivity contribution in [3.8, 4) is 0 Å². The maximum atomic E-state index is 12.0. The highest BCUT2D eigenvalue weighted by Crippen LogP contribution is 2.59. The molecule has 3 atom stereocenters. The van der Waals surface area contributed by atoms with Gasteiger partial charge in [-0.25, -0.2) is 0 Å². The first-order valence-corrected chi connectivity index (χ1v) is 8.19. The van der Waals surface area contributed by atoms with Gasteiger partial charge in [0.05, 0.1) is 6.54 Å². The van der Waals surface area contributed by atoms with Crippen LogP contribution >= 0.6 is 0 Å². The zero-order valence-electron chi connectivity index (χ0n) is 13.7. The number of hydrogen-bond donors (Lipinski definition) is 1. The lowest BCUT2D eigenvalue weighted by molar-refractivity contribution is -0.137. The molecule has 0 heterocycles. The van der Waals surface area contributed by atoms with Crippen molar-refractivity contribution >= 4 is 11.8 Å². The molecule has 3 rings (SSSR count). The van der Waals surface area contributed by atoms with Crippen molar-refractivity contribution in [1.82, 2.24) is 10.2 Å². The second kappa shape index (κ2) is 6.71. The lowest BCUT2D eigenvalue weighted by Gasteiger charge is -2.16. The maximum Gasteiger partial charge on any atom is 0.248 e. The third-order valence-corrected chi connectivity index (χ3v) is 5.10. The summed E-state index contributed by atoms with van der Waals surface area (Å²) in [6.45, 7) is 0.795. The molecular weight excluding hydrogens is 292 g/mol. The van der Waals surface area contributed by atoms with Gasteiger partial charge in [0.1, 0.15) is 6.61 Å². The second-order valence-corrected chi connectivity index (χ2v) is 6.58. The number of fused-ring (bicyclic) bond motifs is 3. The number of hydrogen-bond acceptors (Lipinski definition) is 3. The highest BCUT2D eigenvalue weighted by Gasteiger charge is 2.52. The molecule has 2 amide bonds. The van der Waals surface area contributed by atoms with Gasteiger partial charge < -0.3 is 15.0 Å². The summed E-state index contributed by atoms with van der Waals surface area (Å²) in [4.78, 5) is 25.0. The summed E-state index contributed by atoms with van der Waals surface area (Å²) in [6.07, 6.45) is 2.37. The summed E-state index contributed by atoms with van der Waals surface area (Å²) in [7, 11) is 3.09. The Hall–Kier alpha value is -1.88. The number of methoxy groups -OCH3 is 1. The van der Waals surface area contributed by atoms with Gasteiger partial charge in [0, 0.05) is 20.7 Å². The molecule has 2 aliphatic rings. The van der Waals surface area contributed by atoms with E-state index in [0.29, 0.717) is 24.3 Å². The lowest BCUT2D eigenvalue weighted by Crippen LogP contribution is -2.40. The molecule has 0 aliphatic heterocycles. The predicted molar refractivity (Wildman–Crippen MR) is 87.0 cm³/mol. The number of nitrogens with zero attached hydrogens (tertiary/aromatic N) is 1. The van der Waals surface area contributed by atoms with E-state index in [9.17, 15) is 9.59 Å². The van der Waals surface area contributed by atoms with Crippen LogP contribution in [0.1, 0.15) is 23.5 Å². The highest BCUT2D eigenvalue weighted by molar-refractivity contribution is 5.85. The minimum absolute atomic E-state index is 0.00728. The number of carbonyl (C=O) groups is 2. The summed E-state index contributed by atoms with van der Waals surface area (Å²) in [5, 5.41) is 2.99. The SMILES string of the molecule is COCC(=O)N(C)CC(=O)NC[C@H]1[C@@H]2CCc3ccccc3[C@H]21. The first-order chi connectivity index (χ1) is 11.1. The maximum absolute atomic E-state index is 12.0. The normalized spacial score (nSPS) is 24.3. The van der Waals surface area contributed by atoms with E-state index >= 15 is 0 Å². The van der Waals surface area contributed by atoms with Gasteiger partial charge in [-0.1, -0.05) is 24.3 Å². The molecule has 1 fully saturated rings. The number of aryl methyl sites for hydroxylation is 1. The van der Waals surface area contributed by atoms with E-state index in [2.05, 4.69) is 29.6 Å². The van der Waals surface area contributed by atoms with Crippen molar-refractivity contribution < 1.29 is 14.3 Å². The summed E-state index contributed by atoms with van der Waals surface area (Å²) in [6, 6.07) is 8.65. The summed E-state index contributed by atoms with van der Waals surface area (Å²) in [5.41, 5.74) is 2.93. The van der Waals surface area contributed by atoms with Crippen molar-refractivity contribution in [2.75, 3.05) is 33.9 Å². The van der Waals surface area contributed by atoms with Crippen molar-refractivity contribution in [2.45, 2.75) is 18.8 Å². The highest BCUT2D eigenvalue weighted by atomic mass is 16.5. The minimum atomic E-state index is -0.184. The fraction of sp³-hybridized carbons (Fsp3) is 0.556. The number of rotatable bonds is 6. The predicted octanol–water partition coefficient (Wildman–Crippen LogP) is 1.18. The smallest absolute Gasteiger partial charge is 0.248 e. The van der Waals surface area contributed by atoms with Crippen LogP contribution in [0.2, 0.25) is 0 Å². The molecule has 5 heteroatoms. The minimum Gasteiger partial charge on any atom is -0.375 e. The van der Waals surface area contributed by atoms with Crippen molar-refractivity contribution in [3.63, 3.8) is 0 Å². The summed E-state index contributed by atoms with van der Waals surface area (Å²) >= 11 is 0. The zero-order valence-corrected chi connectivity index (χ0v) is 13.7. The average Bonchev–Trinajstić information content (AvgIpc) is 3.27. The van der Waals surface area contributed by atoms with E-state index in [1.807, 2.05) is 0 Å². The number of benzene rings is 1. The average molecular weight is 316 g/mol. The summed E-state index contributed by atoms with van der Waals surface area (Å²) < 4.78 is 4.79. The van der Waals surface area contributed by atoms with Gasteiger partial charge in [0.15, 0.2) is 0 Å². The van der Waals surface area contributed by atoms with E-state index in [1.54, 1.807) is 7.05 Å². The Morgan fingerprint density at radius 2 is 2.13 bits per heavy atom. The van der Waals surface area contributed by atoms with Crippen molar-refractivity contribution in [2.24, 2.45) is 11.8 Å². The van der Waals surface area contributed by atoms with Gasteiger partial charge in [-0.2, -0.15) is 0 Å². The molecule has 5 nitrogen and oxygen atoms in total. The molecule has 0 spiro atoms. The topological polar surface area (TPSA) is 58.6 Å². The lowest BCUT2D eigenvalue weighted by atomic mass is 9.92. The molecule has 23 heavy (non-hydrogen) atoms. The van der Waals surface area contributed by atoms with Crippen LogP contribution in [0.3, 0.4) is 0 Å². The van der Waals surface area contributed by atoms with Crippen LogP contribution in [0.25, 0.3) is 0 Å². The Morgan fingerprint density at radius 1 is 1.35 bits per heavy atom. The Morgan fingerprint density at radius 3 is 2.91 bits per heavy atom. The first-order valence-electron chi connectivity index (χ1n) is 8.19. The molecular formula is C18H24N2O3. The van der Waals surface area contributed by atoms with Gasteiger partial charge >= 0.3 is 0 Å². The van der Waals surface area contributed by atoms with E-state index in [-0.39, 0.29) is 25.0 Å². The number of amides is 2. The Labute approximate surface area is 137 Å². The van der Waals surface area contributed by atoms with Gasteiger partial charge in [-0.3, -0.25) is 9.59 Å². The van der Waals surface area contributed by atoms with Crippen LogP contribution < -0.4 is 5.32 Å². The molecule has 1 N–H and O–H groups in total. The van der Waals surface area contributed by atoms with E-state index in [1.165, 1.54) is 29.6 Å². The molecule has 1 saturated carbocycles. The number of ether oxygens (including phenoxy) is 1. The van der Waals surface area contributed by atoms with Crippen LogP contribution in [-0.4, -0.2) is 50.6 Å². The largest absolute Gasteiger partial charge is 0.375 e. The number of likely N-dealkylation sites (N-methyl/N-ethyl adjacent to an activating group) is 1. The van der Waals surface area contributed by atoms with Gasteiger partial charge in [0.25, 0.3) is 0 Å². The molecule has 1 aromatic rings. The van der Waals surface area contributed by atoms with Crippen LogP contribution in [0.4, 0.5) is 0 Å². The Bertz CT molecular complexity index is 602. The molecule has 2 aliphatic carbocycles. The fourth-order valence-electron chi connectivity index (χ4n) is 3.81. The van der Waals surface area contributed by atoms with Gasteiger partial charge in [-0.05, 0) is 41.7 Å². The fourth-order valence-corrected chi connectivity index (χ4v) is 3.81. The quantitative estimate of drug-likeness (QED) is 0.857. The van der Waals surface area contributed by atoms with Crippen molar-refractivity contribution in [3.05, 3.63) is 35.4 Å². The molecule has 0 aromatic heterocycles. The molecule has 0 bridgehead atoms. The monoisotopic (exact) mass is 316 g/mol. The van der Waals surface area contributed by atoms with Crippen LogP contribution in [0.5, 0.6) is 0 Å².